The van der Waals surface area contributed by atoms with Gasteiger partial charge in [0.25, 0.3) is 0 Å². The van der Waals surface area contributed by atoms with Crippen LogP contribution in [0, 0.1) is 5.92 Å². The molecule has 1 aliphatic carbocycles. The highest BCUT2D eigenvalue weighted by atomic mass is 16.5. The van der Waals surface area contributed by atoms with Crippen LogP contribution >= 0.6 is 0 Å². The molecule has 3 heteroatoms. The van der Waals surface area contributed by atoms with Crippen LogP contribution in [0.3, 0.4) is 0 Å². The van der Waals surface area contributed by atoms with E-state index in [1.54, 1.807) is 0 Å². The Labute approximate surface area is 86.2 Å². The van der Waals surface area contributed by atoms with Crippen molar-refractivity contribution in [3.05, 3.63) is 0 Å². The monoisotopic (exact) mass is 199 g/mol. The van der Waals surface area contributed by atoms with Gasteiger partial charge in [0.1, 0.15) is 0 Å². The van der Waals surface area contributed by atoms with Crippen LogP contribution in [0.4, 0.5) is 0 Å². The number of amides is 1. The van der Waals surface area contributed by atoms with Crippen LogP contribution in [0.5, 0.6) is 0 Å². The molecule has 0 heterocycles. The third-order valence-electron chi connectivity index (χ3n) is 2.55. The first-order valence-corrected chi connectivity index (χ1v) is 5.59. The van der Waals surface area contributed by atoms with Crippen molar-refractivity contribution in [3.63, 3.8) is 0 Å². The Hall–Kier alpha value is -0.570. The van der Waals surface area contributed by atoms with Crippen LogP contribution in [-0.2, 0) is 9.53 Å². The smallest absolute Gasteiger partial charge is 0.223 e. The zero-order valence-corrected chi connectivity index (χ0v) is 9.21. The maximum Gasteiger partial charge on any atom is 0.223 e. The van der Waals surface area contributed by atoms with Crippen LogP contribution in [0.1, 0.15) is 39.5 Å². The lowest BCUT2D eigenvalue weighted by atomic mass is 9.85. The summed E-state index contributed by atoms with van der Waals surface area (Å²) in [6.45, 7) is 5.53. The van der Waals surface area contributed by atoms with Gasteiger partial charge >= 0.3 is 0 Å². The molecule has 0 aromatic heterocycles. The summed E-state index contributed by atoms with van der Waals surface area (Å²) in [5.74, 6) is 0.543. The van der Waals surface area contributed by atoms with E-state index in [1.165, 1.54) is 6.42 Å². The van der Waals surface area contributed by atoms with E-state index < -0.39 is 0 Å². The number of carbonyl (C=O) groups is 1. The first kappa shape index (κ1) is 11.5. The van der Waals surface area contributed by atoms with Crippen molar-refractivity contribution in [2.75, 3.05) is 13.2 Å². The summed E-state index contributed by atoms with van der Waals surface area (Å²) in [4.78, 5) is 11.4. The van der Waals surface area contributed by atoms with E-state index in [0.717, 1.165) is 32.4 Å². The molecule has 1 aliphatic rings. The Morgan fingerprint density at radius 3 is 2.71 bits per heavy atom. The predicted molar refractivity (Wildman–Crippen MR) is 56.1 cm³/mol. The molecule has 1 fully saturated rings. The highest BCUT2D eigenvalue weighted by molar-refractivity contribution is 5.79. The molecule has 82 valence electrons. The minimum atomic E-state index is 0.237. The lowest BCUT2D eigenvalue weighted by molar-refractivity contribution is -0.127. The Bertz CT molecular complexity index is 176. The number of nitrogens with one attached hydrogen (secondary N) is 1. The summed E-state index contributed by atoms with van der Waals surface area (Å²) >= 11 is 0. The molecule has 14 heavy (non-hydrogen) atoms. The Balaban J connectivity index is 1.90. The summed E-state index contributed by atoms with van der Waals surface area (Å²) in [6.07, 6.45) is 4.57. The molecule has 0 radical (unpaired) electrons. The van der Waals surface area contributed by atoms with Gasteiger partial charge in [-0.1, -0.05) is 6.42 Å². The van der Waals surface area contributed by atoms with Gasteiger partial charge in [-0.15, -0.1) is 0 Å². The molecule has 0 bridgehead atoms. The standard InChI is InChI=1S/C11H21NO2/c1-9(2)14-8-4-7-12-11(13)10-5-3-6-10/h9-10H,3-8H2,1-2H3,(H,12,13). The zero-order valence-electron chi connectivity index (χ0n) is 9.21. The molecule has 1 amide bonds. The van der Waals surface area contributed by atoms with E-state index in [4.69, 9.17) is 4.74 Å². The largest absolute Gasteiger partial charge is 0.379 e. The Kier molecular flexibility index (Phi) is 4.94. The second kappa shape index (κ2) is 6.02. The van der Waals surface area contributed by atoms with Crippen molar-refractivity contribution in [2.45, 2.75) is 45.6 Å². The topological polar surface area (TPSA) is 38.3 Å². The molecule has 1 N–H and O–H groups in total. The minimum absolute atomic E-state index is 0.237. The molecular formula is C11H21NO2. The van der Waals surface area contributed by atoms with E-state index in [2.05, 4.69) is 5.32 Å². The summed E-state index contributed by atoms with van der Waals surface area (Å²) < 4.78 is 5.37. The first-order valence-electron chi connectivity index (χ1n) is 5.59. The SMILES string of the molecule is CC(C)OCCCNC(=O)C1CCC1. The van der Waals surface area contributed by atoms with Gasteiger partial charge in [-0.2, -0.15) is 0 Å². The van der Waals surface area contributed by atoms with Crippen LogP contribution in [0.25, 0.3) is 0 Å². The third-order valence-corrected chi connectivity index (χ3v) is 2.55. The van der Waals surface area contributed by atoms with Crippen LogP contribution in [0.2, 0.25) is 0 Å². The normalized spacial score (nSPS) is 16.8. The fourth-order valence-electron chi connectivity index (χ4n) is 1.42. The summed E-state index contributed by atoms with van der Waals surface area (Å²) in [5, 5.41) is 2.94. The number of carbonyl (C=O) groups excluding carboxylic acids is 1. The Morgan fingerprint density at radius 1 is 1.50 bits per heavy atom. The van der Waals surface area contributed by atoms with Crippen molar-refractivity contribution in [1.82, 2.24) is 5.32 Å². The highest BCUT2D eigenvalue weighted by Gasteiger charge is 2.24. The number of rotatable bonds is 6. The molecule has 0 spiro atoms. The molecule has 0 atom stereocenters. The zero-order chi connectivity index (χ0) is 10.4. The fraction of sp³-hybridized carbons (Fsp3) is 0.909. The molecule has 3 nitrogen and oxygen atoms in total. The molecule has 0 saturated heterocycles. The van der Waals surface area contributed by atoms with Crippen molar-refractivity contribution in [2.24, 2.45) is 5.92 Å². The van der Waals surface area contributed by atoms with E-state index in [0.29, 0.717) is 5.92 Å². The first-order chi connectivity index (χ1) is 6.70. The molecular weight excluding hydrogens is 178 g/mol. The van der Waals surface area contributed by atoms with Crippen LogP contribution in [-0.4, -0.2) is 25.2 Å². The number of ether oxygens (including phenoxy) is 1. The van der Waals surface area contributed by atoms with Crippen LogP contribution < -0.4 is 5.32 Å². The molecule has 1 rings (SSSR count). The fourth-order valence-corrected chi connectivity index (χ4v) is 1.42. The second-order valence-corrected chi connectivity index (χ2v) is 4.19. The number of hydrogen-bond acceptors (Lipinski definition) is 2. The summed E-state index contributed by atoms with van der Waals surface area (Å²) in [7, 11) is 0. The number of hydrogen-bond donors (Lipinski definition) is 1. The maximum atomic E-state index is 11.4. The maximum absolute atomic E-state index is 11.4. The quantitative estimate of drug-likeness (QED) is 0.661. The van der Waals surface area contributed by atoms with Gasteiger partial charge in [0.15, 0.2) is 0 Å². The molecule has 0 aliphatic heterocycles. The summed E-state index contributed by atoms with van der Waals surface area (Å²) in [5.41, 5.74) is 0. The van der Waals surface area contributed by atoms with Gasteiger partial charge in [-0.3, -0.25) is 4.79 Å². The van der Waals surface area contributed by atoms with Gasteiger partial charge in [-0.25, -0.2) is 0 Å². The van der Waals surface area contributed by atoms with Crippen molar-refractivity contribution >= 4 is 5.91 Å². The lowest BCUT2D eigenvalue weighted by Gasteiger charge is -2.24. The highest BCUT2D eigenvalue weighted by Crippen LogP contribution is 2.25. The minimum Gasteiger partial charge on any atom is -0.379 e. The molecule has 0 aromatic rings. The average Bonchev–Trinajstić information content (AvgIpc) is 1.99. The third kappa shape index (κ3) is 4.09. The molecule has 0 unspecified atom stereocenters. The average molecular weight is 199 g/mol. The summed E-state index contributed by atoms with van der Waals surface area (Å²) in [6, 6.07) is 0. The van der Waals surface area contributed by atoms with E-state index in [9.17, 15) is 4.79 Å². The van der Waals surface area contributed by atoms with Gasteiger partial charge in [0.05, 0.1) is 6.10 Å². The van der Waals surface area contributed by atoms with Gasteiger partial charge in [0, 0.05) is 19.1 Å². The predicted octanol–water partition coefficient (Wildman–Crippen LogP) is 1.72. The molecule has 0 aromatic carbocycles. The van der Waals surface area contributed by atoms with E-state index in [1.807, 2.05) is 13.8 Å². The van der Waals surface area contributed by atoms with Gasteiger partial charge in [0.2, 0.25) is 5.91 Å². The van der Waals surface area contributed by atoms with Crippen LogP contribution in [0.15, 0.2) is 0 Å². The van der Waals surface area contributed by atoms with Crippen molar-refractivity contribution in [3.8, 4) is 0 Å². The van der Waals surface area contributed by atoms with Crippen molar-refractivity contribution < 1.29 is 9.53 Å². The Morgan fingerprint density at radius 2 is 2.21 bits per heavy atom. The lowest BCUT2D eigenvalue weighted by Crippen LogP contribution is -2.35. The second-order valence-electron chi connectivity index (χ2n) is 4.19. The van der Waals surface area contributed by atoms with Gasteiger partial charge in [-0.05, 0) is 33.1 Å². The van der Waals surface area contributed by atoms with E-state index in [-0.39, 0.29) is 12.0 Å². The van der Waals surface area contributed by atoms with Gasteiger partial charge < -0.3 is 10.1 Å². The molecule has 1 saturated carbocycles. The van der Waals surface area contributed by atoms with Crippen molar-refractivity contribution in [1.29, 1.82) is 0 Å². The van der Waals surface area contributed by atoms with E-state index >= 15 is 0 Å².